The van der Waals surface area contributed by atoms with Crippen LogP contribution in [0.25, 0.3) is 22.0 Å². The number of alkyl halides is 3. The molecule has 1 fully saturated rings. The second-order valence-corrected chi connectivity index (χ2v) is 9.72. The van der Waals surface area contributed by atoms with Gasteiger partial charge in [0, 0.05) is 24.3 Å². The van der Waals surface area contributed by atoms with Gasteiger partial charge in [0.2, 0.25) is 10.0 Å². The summed E-state index contributed by atoms with van der Waals surface area (Å²) < 4.78 is 65.8. The first-order valence-corrected chi connectivity index (χ1v) is 11.0. The van der Waals surface area contributed by atoms with Gasteiger partial charge < -0.3 is 10.8 Å². The molecule has 166 valence electrons. The van der Waals surface area contributed by atoms with Crippen LogP contribution < -0.4 is 10.5 Å². The van der Waals surface area contributed by atoms with Crippen LogP contribution in [0.3, 0.4) is 0 Å². The minimum Gasteiger partial charge on any atom is -0.382 e. The summed E-state index contributed by atoms with van der Waals surface area (Å²) in [5.41, 5.74) is 7.11. The Hall–Kier alpha value is -2.63. The van der Waals surface area contributed by atoms with E-state index in [1.807, 2.05) is 19.1 Å². The van der Waals surface area contributed by atoms with Crippen LogP contribution in [0.1, 0.15) is 24.0 Å². The van der Waals surface area contributed by atoms with Gasteiger partial charge in [-0.1, -0.05) is 12.1 Å². The van der Waals surface area contributed by atoms with Crippen molar-refractivity contribution in [2.75, 3.05) is 5.73 Å². The van der Waals surface area contributed by atoms with Crippen LogP contribution in [0.2, 0.25) is 0 Å². The third kappa shape index (κ3) is 3.56. The van der Waals surface area contributed by atoms with Crippen molar-refractivity contribution in [3.8, 4) is 11.1 Å². The van der Waals surface area contributed by atoms with Crippen molar-refractivity contribution in [2.24, 2.45) is 0 Å². The van der Waals surface area contributed by atoms with E-state index in [0.717, 1.165) is 27.6 Å². The van der Waals surface area contributed by atoms with Gasteiger partial charge >= 0.3 is 6.18 Å². The molecule has 0 saturated heterocycles. The number of H-pyrrole nitrogens is 1. The number of hydrogen-bond donors (Lipinski definition) is 4. The van der Waals surface area contributed by atoms with Crippen molar-refractivity contribution >= 4 is 26.7 Å². The van der Waals surface area contributed by atoms with Crippen LogP contribution in [0.4, 0.5) is 19.0 Å². The zero-order valence-corrected chi connectivity index (χ0v) is 17.5. The van der Waals surface area contributed by atoms with Crippen molar-refractivity contribution in [3.63, 3.8) is 0 Å². The molecule has 3 aromatic rings. The third-order valence-electron chi connectivity index (χ3n) is 5.83. The van der Waals surface area contributed by atoms with Crippen LogP contribution in [0.15, 0.2) is 35.2 Å². The smallest absolute Gasteiger partial charge is 0.382 e. The standard InChI is InChI=1S/C20H21F3N4O3S/c1-10-7-13(31(29,30)27-12-8-19(28,9-12)20(21,22)23)3-4-14(10)15-5-6-16-17(11(15)2)18(24)26-25-16/h3-7,12,27-28H,8-9H2,1-2H3,(H3,24,25,26). The summed E-state index contributed by atoms with van der Waals surface area (Å²) >= 11 is 0. The van der Waals surface area contributed by atoms with E-state index in [4.69, 9.17) is 5.73 Å². The van der Waals surface area contributed by atoms with Crippen molar-refractivity contribution in [2.45, 2.75) is 49.4 Å². The van der Waals surface area contributed by atoms with E-state index in [0.29, 0.717) is 11.4 Å². The average Bonchev–Trinajstić information content (AvgIpc) is 3.02. The van der Waals surface area contributed by atoms with Crippen LogP contribution in [-0.4, -0.2) is 41.5 Å². The van der Waals surface area contributed by atoms with Gasteiger partial charge in [-0.2, -0.15) is 18.3 Å². The minimum absolute atomic E-state index is 0.0576. The van der Waals surface area contributed by atoms with E-state index < -0.39 is 40.7 Å². The lowest BCUT2D eigenvalue weighted by molar-refractivity contribution is -0.290. The first-order valence-electron chi connectivity index (χ1n) is 9.48. The number of rotatable bonds is 4. The quantitative estimate of drug-likeness (QED) is 0.483. The van der Waals surface area contributed by atoms with Crippen molar-refractivity contribution in [1.29, 1.82) is 0 Å². The lowest BCUT2D eigenvalue weighted by atomic mass is 9.76. The molecule has 4 rings (SSSR count). The number of aromatic amines is 1. The van der Waals surface area contributed by atoms with Gasteiger partial charge in [0.1, 0.15) is 0 Å². The third-order valence-corrected chi connectivity index (χ3v) is 7.35. The number of fused-ring (bicyclic) bond motifs is 1. The highest BCUT2D eigenvalue weighted by Gasteiger charge is 2.61. The molecule has 11 heteroatoms. The molecule has 0 amide bonds. The van der Waals surface area contributed by atoms with Crippen LogP contribution >= 0.6 is 0 Å². The summed E-state index contributed by atoms with van der Waals surface area (Å²) in [7, 11) is -4.04. The van der Waals surface area contributed by atoms with Crippen LogP contribution in [-0.2, 0) is 10.0 Å². The Balaban J connectivity index is 1.60. The maximum Gasteiger partial charge on any atom is 0.417 e. The maximum absolute atomic E-state index is 12.8. The highest BCUT2D eigenvalue weighted by atomic mass is 32.2. The van der Waals surface area contributed by atoms with Gasteiger partial charge in [-0.05, 0) is 54.3 Å². The monoisotopic (exact) mass is 454 g/mol. The van der Waals surface area contributed by atoms with Crippen molar-refractivity contribution in [3.05, 3.63) is 41.5 Å². The average molecular weight is 454 g/mol. The topological polar surface area (TPSA) is 121 Å². The van der Waals surface area contributed by atoms with Gasteiger partial charge in [-0.3, -0.25) is 5.10 Å². The molecule has 7 nitrogen and oxygen atoms in total. The van der Waals surface area contributed by atoms with E-state index in [-0.39, 0.29) is 4.90 Å². The lowest BCUT2D eigenvalue weighted by Crippen LogP contribution is -2.62. The zero-order valence-electron chi connectivity index (χ0n) is 16.7. The number of nitrogens with one attached hydrogen (secondary N) is 2. The van der Waals surface area contributed by atoms with Gasteiger partial charge in [0.05, 0.1) is 10.4 Å². The second-order valence-electron chi connectivity index (χ2n) is 8.00. The first kappa shape index (κ1) is 21.6. The van der Waals surface area contributed by atoms with Crippen molar-refractivity contribution in [1.82, 2.24) is 14.9 Å². The fraction of sp³-hybridized carbons (Fsp3) is 0.350. The number of nitrogen functional groups attached to an aromatic ring is 1. The van der Waals surface area contributed by atoms with E-state index >= 15 is 0 Å². The molecule has 0 radical (unpaired) electrons. The Morgan fingerprint density at radius 2 is 1.84 bits per heavy atom. The summed E-state index contributed by atoms with van der Waals surface area (Å²) in [6, 6.07) is 7.27. The Morgan fingerprint density at radius 1 is 1.19 bits per heavy atom. The van der Waals surface area contributed by atoms with E-state index in [2.05, 4.69) is 14.9 Å². The van der Waals surface area contributed by atoms with E-state index in [9.17, 15) is 26.7 Å². The molecule has 1 aliphatic rings. The number of sulfonamides is 1. The molecule has 1 saturated carbocycles. The van der Waals surface area contributed by atoms with E-state index in [1.165, 1.54) is 12.1 Å². The summed E-state index contributed by atoms with van der Waals surface area (Å²) in [5.74, 6) is 0.370. The number of aliphatic hydroxyl groups is 1. The minimum atomic E-state index is -4.79. The molecule has 1 aliphatic carbocycles. The second kappa shape index (κ2) is 6.94. The Morgan fingerprint density at radius 3 is 2.45 bits per heavy atom. The zero-order chi connectivity index (χ0) is 22.8. The predicted octanol–water partition coefficient (Wildman–Crippen LogP) is 3.16. The Labute approximate surface area is 176 Å². The van der Waals surface area contributed by atoms with Gasteiger partial charge in [-0.15, -0.1) is 0 Å². The molecule has 0 aliphatic heterocycles. The fourth-order valence-electron chi connectivity index (χ4n) is 4.07. The number of hydrogen-bond acceptors (Lipinski definition) is 5. The Kier molecular flexibility index (Phi) is 4.83. The predicted molar refractivity (Wildman–Crippen MR) is 110 cm³/mol. The van der Waals surface area contributed by atoms with Crippen LogP contribution in [0, 0.1) is 13.8 Å². The molecule has 5 N–H and O–H groups in total. The van der Waals surface area contributed by atoms with Crippen molar-refractivity contribution < 1.29 is 26.7 Å². The molecule has 0 atom stereocenters. The van der Waals surface area contributed by atoms with Gasteiger partial charge in [0.15, 0.2) is 11.4 Å². The molecule has 1 aromatic heterocycles. The number of nitrogens with zero attached hydrogens (tertiary/aromatic N) is 1. The summed E-state index contributed by atoms with van der Waals surface area (Å²) in [5, 5.41) is 17.2. The number of aromatic nitrogens is 2. The number of nitrogens with two attached hydrogens (primary N) is 1. The van der Waals surface area contributed by atoms with Gasteiger partial charge in [0.25, 0.3) is 0 Å². The maximum atomic E-state index is 12.8. The fourth-order valence-corrected chi connectivity index (χ4v) is 5.39. The highest BCUT2D eigenvalue weighted by molar-refractivity contribution is 7.89. The highest BCUT2D eigenvalue weighted by Crippen LogP contribution is 2.45. The molecule has 0 spiro atoms. The number of benzene rings is 2. The molecule has 1 heterocycles. The number of halogens is 3. The van der Waals surface area contributed by atoms with Gasteiger partial charge in [-0.25, -0.2) is 13.1 Å². The lowest BCUT2D eigenvalue weighted by Gasteiger charge is -2.44. The number of aryl methyl sites for hydroxylation is 2. The van der Waals surface area contributed by atoms with E-state index in [1.54, 1.807) is 13.0 Å². The molecular formula is C20H21F3N4O3S. The Bertz CT molecular complexity index is 1280. The molecule has 0 unspecified atom stereocenters. The SMILES string of the molecule is Cc1cc(S(=O)(=O)NC2CC(O)(C(F)(F)F)C2)ccc1-c1ccc2[nH]nc(N)c2c1C. The summed E-state index contributed by atoms with van der Waals surface area (Å²) in [6.45, 7) is 3.65. The summed E-state index contributed by atoms with van der Waals surface area (Å²) in [6.07, 6.45) is -6.21. The molecular weight excluding hydrogens is 433 g/mol. The molecule has 31 heavy (non-hydrogen) atoms. The largest absolute Gasteiger partial charge is 0.417 e. The first-order chi connectivity index (χ1) is 14.3. The molecule has 0 bridgehead atoms. The molecule has 2 aromatic carbocycles. The summed E-state index contributed by atoms with van der Waals surface area (Å²) in [4.78, 5) is -0.0576. The van der Waals surface area contributed by atoms with Crippen LogP contribution in [0.5, 0.6) is 0 Å². The normalized spacial score (nSPS) is 21.9. The number of anilines is 1.